The molecule has 0 amide bonds. The van der Waals surface area contributed by atoms with E-state index in [0.717, 1.165) is 30.9 Å². The van der Waals surface area contributed by atoms with Gasteiger partial charge < -0.3 is 10.6 Å². The molecule has 0 unspecified atom stereocenters. The first-order chi connectivity index (χ1) is 11.2. The highest BCUT2D eigenvalue weighted by Gasteiger charge is 2.03. The number of hydrogen-bond acceptors (Lipinski definition) is 3. The molecule has 0 aliphatic carbocycles. The molecule has 1 aromatic heterocycles. The molecular weight excluding hydrogens is 438 g/mol. The Bertz CT molecular complexity index is 645. The number of aromatic nitrogens is 1. The van der Waals surface area contributed by atoms with E-state index in [4.69, 9.17) is 0 Å². The lowest BCUT2D eigenvalue weighted by Gasteiger charge is -2.10. The van der Waals surface area contributed by atoms with Gasteiger partial charge in [-0.1, -0.05) is 25.1 Å². The number of aryl methyl sites for hydroxylation is 1. The third-order valence-electron chi connectivity index (χ3n) is 3.29. The van der Waals surface area contributed by atoms with E-state index in [1.54, 1.807) is 23.5 Å². The number of rotatable bonds is 7. The summed E-state index contributed by atoms with van der Waals surface area (Å²) in [7, 11) is 0. The molecule has 0 aliphatic heterocycles. The predicted octanol–water partition coefficient (Wildman–Crippen LogP) is 3.76. The number of thiazole rings is 1. The van der Waals surface area contributed by atoms with Crippen LogP contribution in [-0.4, -0.2) is 24.0 Å². The monoisotopic (exact) mass is 462 g/mol. The molecule has 4 nitrogen and oxygen atoms in total. The molecule has 0 spiro atoms. The van der Waals surface area contributed by atoms with Gasteiger partial charge in [0.1, 0.15) is 5.82 Å². The summed E-state index contributed by atoms with van der Waals surface area (Å²) < 4.78 is 13.6. The van der Waals surface area contributed by atoms with E-state index in [2.05, 4.69) is 27.5 Å². The number of hydrogen-bond donors (Lipinski definition) is 2. The van der Waals surface area contributed by atoms with Gasteiger partial charge in [0.2, 0.25) is 0 Å². The Morgan fingerprint density at radius 3 is 2.71 bits per heavy atom. The second kappa shape index (κ2) is 11.4. The van der Waals surface area contributed by atoms with Crippen LogP contribution in [-0.2, 0) is 19.4 Å². The molecule has 24 heavy (non-hydrogen) atoms. The minimum Gasteiger partial charge on any atom is -0.357 e. The van der Waals surface area contributed by atoms with Crippen molar-refractivity contribution in [3.05, 3.63) is 51.7 Å². The minimum absolute atomic E-state index is 0. The van der Waals surface area contributed by atoms with E-state index in [-0.39, 0.29) is 29.8 Å². The Balaban J connectivity index is 0.00000288. The SMILES string of the molecule is CCNC(=NCc1ccccc1F)NCCc1ncc(CC)s1.I. The Labute approximate surface area is 164 Å². The summed E-state index contributed by atoms with van der Waals surface area (Å²) >= 11 is 1.75. The number of guanidine groups is 1. The van der Waals surface area contributed by atoms with Gasteiger partial charge in [-0.2, -0.15) is 0 Å². The topological polar surface area (TPSA) is 49.3 Å². The maximum atomic E-state index is 13.6. The van der Waals surface area contributed by atoms with Crippen molar-refractivity contribution in [2.75, 3.05) is 13.1 Å². The van der Waals surface area contributed by atoms with Crippen molar-refractivity contribution in [3.8, 4) is 0 Å². The lowest BCUT2D eigenvalue weighted by Crippen LogP contribution is -2.38. The van der Waals surface area contributed by atoms with Crippen LogP contribution >= 0.6 is 35.3 Å². The zero-order chi connectivity index (χ0) is 16.5. The average molecular weight is 462 g/mol. The second-order valence-electron chi connectivity index (χ2n) is 5.04. The van der Waals surface area contributed by atoms with Crippen LogP contribution in [0.1, 0.15) is 29.3 Å². The third-order valence-corrected chi connectivity index (χ3v) is 4.49. The van der Waals surface area contributed by atoms with Crippen molar-refractivity contribution < 1.29 is 4.39 Å². The maximum Gasteiger partial charge on any atom is 0.191 e. The van der Waals surface area contributed by atoms with Gasteiger partial charge in [-0.05, 0) is 19.4 Å². The van der Waals surface area contributed by atoms with Crippen LogP contribution in [0.15, 0.2) is 35.5 Å². The highest BCUT2D eigenvalue weighted by atomic mass is 127. The van der Waals surface area contributed by atoms with Crippen LogP contribution in [0.3, 0.4) is 0 Å². The largest absolute Gasteiger partial charge is 0.357 e. The molecule has 0 atom stereocenters. The summed E-state index contributed by atoms with van der Waals surface area (Å²) in [6.07, 6.45) is 3.82. The lowest BCUT2D eigenvalue weighted by atomic mass is 10.2. The standard InChI is InChI=1S/C17H23FN4S.HI/c1-3-14-12-21-16(23-14)9-10-20-17(19-4-2)22-11-13-7-5-6-8-15(13)18;/h5-8,12H,3-4,9-11H2,1-2H3,(H2,19,20,22);1H. The van der Waals surface area contributed by atoms with Crippen LogP contribution in [0.25, 0.3) is 0 Å². The zero-order valence-electron chi connectivity index (χ0n) is 14.0. The summed E-state index contributed by atoms with van der Waals surface area (Å²) in [5.74, 6) is 0.477. The summed E-state index contributed by atoms with van der Waals surface area (Å²) in [6, 6.07) is 6.72. The highest BCUT2D eigenvalue weighted by molar-refractivity contribution is 14.0. The molecule has 1 aromatic carbocycles. The first-order valence-electron chi connectivity index (χ1n) is 7.92. The Kier molecular flexibility index (Phi) is 9.85. The molecule has 2 N–H and O–H groups in total. The molecule has 0 radical (unpaired) electrons. The molecule has 1 heterocycles. The molecule has 0 saturated carbocycles. The molecule has 2 rings (SSSR count). The number of aliphatic imine (C=N–C) groups is 1. The maximum absolute atomic E-state index is 13.6. The molecule has 0 saturated heterocycles. The summed E-state index contributed by atoms with van der Waals surface area (Å²) in [5, 5.41) is 7.57. The van der Waals surface area contributed by atoms with E-state index in [1.165, 1.54) is 10.9 Å². The fraction of sp³-hybridized carbons (Fsp3) is 0.412. The van der Waals surface area contributed by atoms with Crippen molar-refractivity contribution in [2.45, 2.75) is 33.2 Å². The normalized spacial score (nSPS) is 11.0. The van der Waals surface area contributed by atoms with Crippen LogP contribution in [0.5, 0.6) is 0 Å². The summed E-state index contributed by atoms with van der Waals surface area (Å²) in [6.45, 7) is 5.97. The van der Waals surface area contributed by atoms with Crippen LogP contribution in [0.2, 0.25) is 0 Å². The molecule has 2 aromatic rings. The number of nitrogens with one attached hydrogen (secondary N) is 2. The van der Waals surface area contributed by atoms with E-state index in [1.807, 2.05) is 19.2 Å². The summed E-state index contributed by atoms with van der Waals surface area (Å²) in [5.41, 5.74) is 0.595. The van der Waals surface area contributed by atoms with Gasteiger partial charge >= 0.3 is 0 Å². The minimum atomic E-state index is -0.220. The fourth-order valence-electron chi connectivity index (χ4n) is 2.05. The van der Waals surface area contributed by atoms with Gasteiger partial charge in [0, 0.05) is 36.1 Å². The van der Waals surface area contributed by atoms with Crippen LogP contribution < -0.4 is 10.6 Å². The lowest BCUT2D eigenvalue weighted by molar-refractivity contribution is 0.610. The van der Waals surface area contributed by atoms with Gasteiger partial charge in [0.15, 0.2) is 5.96 Å². The van der Waals surface area contributed by atoms with Gasteiger partial charge in [0.05, 0.1) is 11.6 Å². The van der Waals surface area contributed by atoms with Crippen molar-refractivity contribution in [1.82, 2.24) is 15.6 Å². The van der Waals surface area contributed by atoms with E-state index < -0.39 is 0 Å². The zero-order valence-corrected chi connectivity index (χ0v) is 17.2. The highest BCUT2D eigenvalue weighted by Crippen LogP contribution is 2.13. The van der Waals surface area contributed by atoms with E-state index >= 15 is 0 Å². The number of halogens is 2. The van der Waals surface area contributed by atoms with Crippen molar-refractivity contribution in [2.24, 2.45) is 4.99 Å². The third kappa shape index (κ3) is 6.72. The van der Waals surface area contributed by atoms with Crippen LogP contribution in [0, 0.1) is 5.82 Å². The average Bonchev–Trinajstić information content (AvgIpc) is 3.02. The number of nitrogens with zero attached hydrogens (tertiary/aromatic N) is 2. The predicted molar refractivity (Wildman–Crippen MR) is 110 cm³/mol. The smallest absolute Gasteiger partial charge is 0.191 e. The molecule has 0 fully saturated rings. The molecule has 132 valence electrons. The molecule has 0 aliphatic rings. The Morgan fingerprint density at radius 2 is 2.04 bits per heavy atom. The fourth-order valence-corrected chi connectivity index (χ4v) is 2.91. The Morgan fingerprint density at radius 1 is 1.25 bits per heavy atom. The molecule has 7 heteroatoms. The Hall–Kier alpha value is -1.22. The van der Waals surface area contributed by atoms with Crippen molar-refractivity contribution >= 4 is 41.3 Å². The first-order valence-corrected chi connectivity index (χ1v) is 8.73. The first kappa shape index (κ1) is 20.8. The quantitative estimate of drug-likeness (QED) is 0.374. The number of benzene rings is 1. The molecule has 0 bridgehead atoms. The van der Waals surface area contributed by atoms with Crippen molar-refractivity contribution in [3.63, 3.8) is 0 Å². The van der Waals surface area contributed by atoms with Gasteiger partial charge in [0.25, 0.3) is 0 Å². The van der Waals surface area contributed by atoms with Gasteiger partial charge in [-0.15, -0.1) is 35.3 Å². The van der Waals surface area contributed by atoms with Gasteiger partial charge in [-0.3, -0.25) is 0 Å². The van der Waals surface area contributed by atoms with E-state index in [9.17, 15) is 4.39 Å². The second-order valence-corrected chi connectivity index (χ2v) is 6.24. The van der Waals surface area contributed by atoms with Gasteiger partial charge in [-0.25, -0.2) is 14.4 Å². The van der Waals surface area contributed by atoms with Crippen molar-refractivity contribution in [1.29, 1.82) is 0 Å². The van der Waals surface area contributed by atoms with Crippen LogP contribution in [0.4, 0.5) is 4.39 Å². The summed E-state index contributed by atoms with van der Waals surface area (Å²) in [4.78, 5) is 10.1. The molecular formula is C17H24FIN4S. The van der Waals surface area contributed by atoms with E-state index in [0.29, 0.717) is 18.1 Å².